The Kier molecular flexibility index (Phi) is 44.8. The first-order valence-electron chi connectivity index (χ1n) is 3.36. The van der Waals surface area contributed by atoms with Crippen LogP contribution in [0.3, 0.4) is 0 Å². The van der Waals surface area contributed by atoms with Crippen molar-refractivity contribution >= 4 is 15.2 Å². The second-order valence-corrected chi connectivity index (χ2v) is 5.45. The Morgan fingerprint density at radius 2 is 0.833 bits per heavy atom. The third-order valence-corrected chi connectivity index (χ3v) is 2.24. The number of aliphatic hydroxyl groups is 2. The second kappa shape index (κ2) is 21.2. The molecule has 0 atom stereocenters. The summed E-state index contributed by atoms with van der Waals surface area (Å²) in [6, 6.07) is 0. The maximum Gasteiger partial charge on any atom is 1.00 e. The van der Waals surface area contributed by atoms with Gasteiger partial charge in [-0.2, -0.15) is 0 Å². The van der Waals surface area contributed by atoms with Crippen molar-refractivity contribution in [2.45, 2.75) is 0 Å². The molecule has 0 heterocycles. The molecule has 0 spiro atoms. The molecule has 0 radical (unpaired) electrons. The maximum atomic E-state index is 9.54. The molecule has 0 aliphatic heterocycles. The molecule has 14 heteroatoms. The molecule has 0 aromatic heterocycles. The quantitative estimate of drug-likeness (QED) is 0.376. The third kappa shape index (κ3) is 50.0. The van der Waals surface area contributed by atoms with Crippen molar-refractivity contribution in [1.29, 1.82) is 0 Å². The van der Waals surface area contributed by atoms with Crippen molar-refractivity contribution in [3.8, 4) is 0 Å². The molecule has 0 unspecified atom stereocenters. The predicted molar refractivity (Wildman–Crippen MR) is 39.1 cm³/mol. The minimum absolute atomic E-state index is 0. The van der Waals surface area contributed by atoms with Crippen LogP contribution in [-0.4, -0.2) is 35.8 Å². The molecule has 0 amide bonds. The van der Waals surface area contributed by atoms with Crippen molar-refractivity contribution in [3.05, 3.63) is 0 Å². The Morgan fingerprint density at radius 1 is 0.667 bits per heavy atom. The van der Waals surface area contributed by atoms with Gasteiger partial charge in [-0.15, -0.1) is 0 Å². The number of hydrogen-bond donors (Lipinski definition) is 2. The van der Waals surface area contributed by atoms with Gasteiger partial charge in [0, 0.05) is 13.2 Å². The molecule has 0 fully saturated rings. The van der Waals surface area contributed by atoms with E-state index in [0.29, 0.717) is 0 Å². The van der Waals surface area contributed by atoms with E-state index in [4.69, 9.17) is 10.2 Å². The topological polar surface area (TPSA) is 167 Å². The zero-order valence-corrected chi connectivity index (χ0v) is 20.9. The monoisotopic (exact) mass is 340 g/mol. The van der Waals surface area contributed by atoms with Gasteiger partial charge < -0.3 is 38.9 Å². The largest absolute Gasteiger partial charge is 1.00 e. The molecule has 88 valence electrons. The van der Waals surface area contributed by atoms with Crippen LogP contribution in [0.4, 0.5) is 0 Å². The molecule has 0 aromatic carbocycles. The van der Waals surface area contributed by atoms with Crippen molar-refractivity contribution in [2.75, 3.05) is 25.5 Å². The van der Waals surface area contributed by atoms with Crippen LogP contribution in [0.2, 0.25) is 0 Å². The van der Waals surface area contributed by atoms with Gasteiger partial charge >= 0.3 is 118 Å². The Bertz CT molecular complexity index is 205. The zero-order valence-electron chi connectivity index (χ0n) is 11.1. The summed E-state index contributed by atoms with van der Waals surface area (Å²) < 4.78 is 19.1. The number of aliphatic hydroxyl groups excluding tert-OH is 2. The van der Waals surface area contributed by atoms with Gasteiger partial charge in [-0.05, 0) is 12.3 Å². The van der Waals surface area contributed by atoms with Gasteiger partial charge in [0.2, 0.25) is 0 Å². The first-order valence-corrected chi connectivity index (χ1v) is 6.82. The molecule has 2 N–H and O–H groups in total. The van der Waals surface area contributed by atoms with E-state index in [1.807, 2.05) is 0 Å². The van der Waals surface area contributed by atoms with Crippen LogP contribution >= 0.6 is 15.2 Å². The minimum Gasteiger partial charge on any atom is -0.811 e. The van der Waals surface area contributed by atoms with Gasteiger partial charge in [0.05, 0.1) is 0 Å². The predicted octanol–water partition coefficient (Wildman–Crippen LogP) is -16.2. The Balaban J connectivity index is -0.0000000327. The van der Waals surface area contributed by atoms with Crippen molar-refractivity contribution < 1.29 is 157 Å². The summed E-state index contributed by atoms with van der Waals surface area (Å²) in [4.78, 5) is 38.2. The van der Waals surface area contributed by atoms with E-state index in [2.05, 4.69) is 0 Å². The van der Waals surface area contributed by atoms with Crippen LogP contribution in [0.25, 0.3) is 0 Å². The fourth-order valence-corrected chi connectivity index (χ4v) is 0.735. The average molecular weight is 340 g/mol. The molecule has 0 aliphatic carbocycles. The fourth-order valence-electron chi connectivity index (χ4n) is 0.245. The van der Waals surface area contributed by atoms with E-state index in [9.17, 15) is 28.7 Å². The molecule has 0 bridgehead atoms. The van der Waals surface area contributed by atoms with Crippen LogP contribution in [-0.2, 0) is 9.13 Å². The number of rotatable bonds is 4. The molecule has 0 saturated heterocycles. The van der Waals surface area contributed by atoms with Gasteiger partial charge in [0.15, 0.2) is 0 Å². The van der Waals surface area contributed by atoms with Gasteiger partial charge in [0.25, 0.3) is 0 Å². The van der Waals surface area contributed by atoms with Crippen molar-refractivity contribution in [3.63, 3.8) is 0 Å². The van der Waals surface area contributed by atoms with Crippen LogP contribution in [0.5, 0.6) is 0 Å². The summed E-state index contributed by atoms with van der Waals surface area (Å²) >= 11 is 0. The fraction of sp³-hybridized carbons (Fsp3) is 1.00. The molecular weight excluding hydrogens is 330 g/mol. The average Bonchev–Trinajstić information content (AvgIpc) is 1.81. The normalized spacial score (nSPS) is 9.22. The number of hydrogen-bond acceptors (Lipinski definition) is 8. The van der Waals surface area contributed by atoms with Gasteiger partial charge in [0.1, 0.15) is 0 Å². The van der Waals surface area contributed by atoms with E-state index in [1.54, 1.807) is 0 Å². The van der Waals surface area contributed by atoms with Crippen LogP contribution in [0.15, 0.2) is 0 Å². The van der Waals surface area contributed by atoms with E-state index < -0.39 is 40.7 Å². The SMILES string of the molecule is O=P([O-])([O-])CCO.O=P([O-])([O-])CCO.[Na+].[Na+].[Na+].[Na+]. The summed E-state index contributed by atoms with van der Waals surface area (Å²) in [6.45, 7) is -1.16. The minimum atomic E-state index is -4.42. The Morgan fingerprint density at radius 3 is 0.833 bits per heavy atom. The van der Waals surface area contributed by atoms with Gasteiger partial charge in [-0.1, -0.05) is 15.2 Å². The molecule has 0 aliphatic rings. The first-order chi connectivity index (χ1) is 6.12. The van der Waals surface area contributed by atoms with Crippen molar-refractivity contribution in [2.24, 2.45) is 0 Å². The smallest absolute Gasteiger partial charge is 0.811 e. The molecule has 0 rings (SSSR count). The summed E-state index contributed by atoms with van der Waals surface area (Å²) in [5.41, 5.74) is 0. The van der Waals surface area contributed by atoms with E-state index in [-0.39, 0.29) is 118 Å². The maximum absolute atomic E-state index is 9.54. The molecule has 0 saturated carbocycles. The standard InChI is InChI=1S/2C2H7O4P.4Na/c2*3-1-2-7(4,5)6;;;;/h2*3H,1-2H2,(H2,4,5,6);;;;/q;;4*+1/p-4. The summed E-state index contributed by atoms with van der Waals surface area (Å²) in [7, 11) is -8.83. The zero-order chi connectivity index (χ0) is 11.8. The molecule has 8 nitrogen and oxygen atoms in total. The van der Waals surface area contributed by atoms with Crippen LogP contribution in [0, 0.1) is 0 Å². The Labute approximate surface area is 194 Å². The van der Waals surface area contributed by atoms with Gasteiger partial charge in [-0.3, -0.25) is 0 Å². The molecular formula is C4H10Na4O8P2. The van der Waals surface area contributed by atoms with Crippen LogP contribution in [0.1, 0.15) is 0 Å². The van der Waals surface area contributed by atoms with Crippen molar-refractivity contribution in [1.82, 2.24) is 0 Å². The van der Waals surface area contributed by atoms with Gasteiger partial charge in [-0.25, -0.2) is 0 Å². The van der Waals surface area contributed by atoms with E-state index >= 15 is 0 Å². The Hall–Kier alpha value is 4.22. The van der Waals surface area contributed by atoms with E-state index in [1.165, 1.54) is 0 Å². The first kappa shape index (κ1) is 38.0. The molecule has 0 aromatic rings. The van der Waals surface area contributed by atoms with Crippen LogP contribution < -0.4 is 138 Å². The van der Waals surface area contributed by atoms with E-state index in [0.717, 1.165) is 0 Å². The third-order valence-electron chi connectivity index (χ3n) is 0.748. The second-order valence-electron chi connectivity index (χ2n) is 2.12. The summed E-state index contributed by atoms with van der Waals surface area (Å²) in [5, 5.41) is 15.7. The molecule has 18 heavy (non-hydrogen) atoms. The summed E-state index contributed by atoms with van der Waals surface area (Å²) in [6.07, 6.45) is -1.32. The summed E-state index contributed by atoms with van der Waals surface area (Å²) in [5.74, 6) is 0.